The van der Waals surface area contributed by atoms with Gasteiger partial charge in [0.2, 0.25) is 0 Å². The fourth-order valence-electron chi connectivity index (χ4n) is 3.77. The van der Waals surface area contributed by atoms with Gasteiger partial charge in [-0.1, -0.05) is 18.2 Å². The second kappa shape index (κ2) is 5.95. The Morgan fingerprint density at radius 3 is 2.92 bits per heavy atom. The topological polar surface area (TPSA) is 63.7 Å². The number of hydrogen-bond acceptors (Lipinski definition) is 4. The smallest absolute Gasteiger partial charge is 0.147 e. The van der Waals surface area contributed by atoms with Crippen molar-refractivity contribution in [3.63, 3.8) is 0 Å². The summed E-state index contributed by atoms with van der Waals surface area (Å²) in [6.07, 6.45) is 8.10. The Balaban J connectivity index is 1.76. The molecule has 0 bridgehead atoms. The van der Waals surface area contributed by atoms with Gasteiger partial charge < -0.3 is 4.74 Å². The highest BCUT2D eigenvalue weighted by molar-refractivity contribution is 5.92. The minimum Gasteiger partial charge on any atom is -0.494 e. The van der Waals surface area contributed by atoms with Gasteiger partial charge >= 0.3 is 0 Å². The normalized spacial score (nSPS) is 13.1. The zero-order valence-electron chi connectivity index (χ0n) is 14.4. The first-order chi connectivity index (χ1) is 12.8. The number of hydrogen-bond donors (Lipinski definition) is 1. The molecule has 0 amide bonds. The summed E-state index contributed by atoms with van der Waals surface area (Å²) in [5.74, 6) is 0.753. The van der Waals surface area contributed by atoms with Crippen molar-refractivity contribution in [1.29, 1.82) is 0 Å². The van der Waals surface area contributed by atoms with Crippen LogP contribution in [0.1, 0.15) is 17.5 Å². The molecule has 1 aromatic carbocycles. The number of nitrogens with one attached hydrogen (secondary N) is 1. The monoisotopic (exact) mass is 341 g/mol. The van der Waals surface area contributed by atoms with Crippen molar-refractivity contribution in [1.82, 2.24) is 20.2 Å². The highest BCUT2D eigenvalue weighted by Crippen LogP contribution is 2.38. The van der Waals surface area contributed by atoms with Crippen LogP contribution in [0, 0.1) is 6.20 Å². The van der Waals surface area contributed by atoms with Crippen molar-refractivity contribution >= 4 is 11.0 Å². The summed E-state index contributed by atoms with van der Waals surface area (Å²) in [4.78, 5) is 9.04. The predicted octanol–water partition coefficient (Wildman–Crippen LogP) is 3.98. The number of nitrogens with zero attached hydrogens (tertiary/aromatic N) is 3. The number of rotatable bonds is 3. The molecule has 0 atom stereocenters. The highest BCUT2D eigenvalue weighted by Gasteiger charge is 2.21. The minimum atomic E-state index is 0.753. The lowest BCUT2D eigenvalue weighted by molar-refractivity contribution is 0.415. The molecule has 5 heteroatoms. The lowest BCUT2D eigenvalue weighted by Gasteiger charge is -2.12. The first-order valence-electron chi connectivity index (χ1n) is 8.72. The number of aryl methyl sites for hydroxylation is 1. The molecule has 3 aromatic heterocycles. The number of pyridine rings is 2. The number of fused-ring (bicyclic) bond motifs is 2. The molecule has 26 heavy (non-hydrogen) atoms. The summed E-state index contributed by atoms with van der Waals surface area (Å²) in [7, 11) is 1.68. The lowest BCUT2D eigenvalue weighted by atomic mass is 9.99. The van der Waals surface area contributed by atoms with Gasteiger partial charge in [0.05, 0.1) is 18.8 Å². The first-order valence-corrected chi connectivity index (χ1v) is 8.72. The van der Waals surface area contributed by atoms with Gasteiger partial charge in [-0.3, -0.25) is 10.1 Å². The van der Waals surface area contributed by atoms with Gasteiger partial charge in [-0.05, 0) is 42.5 Å². The minimum absolute atomic E-state index is 0.753. The van der Waals surface area contributed by atoms with Crippen molar-refractivity contribution in [2.24, 2.45) is 0 Å². The number of aromatic nitrogens is 4. The SMILES string of the molecule is COc1cc2[nH]nc(-c3[c]nccc3)c2nc1-c1cccc2c1CCC2. The Bertz CT molecular complexity index is 1100. The molecular weight excluding hydrogens is 324 g/mol. The molecule has 1 aliphatic carbocycles. The van der Waals surface area contributed by atoms with Gasteiger partial charge in [-0.25, -0.2) is 4.98 Å². The molecule has 0 spiro atoms. The van der Waals surface area contributed by atoms with Crippen LogP contribution in [0.15, 0.2) is 42.6 Å². The lowest BCUT2D eigenvalue weighted by Crippen LogP contribution is -1.96. The van der Waals surface area contributed by atoms with Crippen LogP contribution in [0.5, 0.6) is 5.75 Å². The van der Waals surface area contributed by atoms with Crippen molar-refractivity contribution < 1.29 is 4.74 Å². The molecule has 127 valence electrons. The van der Waals surface area contributed by atoms with Crippen molar-refractivity contribution in [3.8, 4) is 28.3 Å². The maximum atomic E-state index is 5.65. The van der Waals surface area contributed by atoms with Gasteiger partial charge in [0.1, 0.15) is 22.7 Å². The van der Waals surface area contributed by atoms with Crippen LogP contribution < -0.4 is 4.74 Å². The van der Waals surface area contributed by atoms with Crippen LogP contribution in [-0.2, 0) is 12.8 Å². The Kier molecular flexibility index (Phi) is 3.45. The second-order valence-electron chi connectivity index (χ2n) is 6.47. The summed E-state index contributed by atoms with van der Waals surface area (Å²) in [5.41, 5.74) is 8.04. The molecule has 0 saturated carbocycles. The maximum Gasteiger partial charge on any atom is 0.147 e. The Hall–Kier alpha value is -3.21. The van der Waals surface area contributed by atoms with Crippen LogP contribution in [-0.4, -0.2) is 27.3 Å². The third-order valence-electron chi connectivity index (χ3n) is 4.98. The molecule has 5 nitrogen and oxygen atoms in total. The number of benzene rings is 1. The van der Waals surface area contributed by atoms with Crippen LogP contribution in [0.25, 0.3) is 33.5 Å². The van der Waals surface area contributed by atoms with Crippen LogP contribution in [0.3, 0.4) is 0 Å². The van der Waals surface area contributed by atoms with Gasteiger partial charge in [-0.2, -0.15) is 5.10 Å². The predicted molar refractivity (Wildman–Crippen MR) is 100.0 cm³/mol. The third kappa shape index (κ3) is 2.28. The van der Waals surface area contributed by atoms with Gasteiger partial charge in [0, 0.05) is 23.4 Å². The highest BCUT2D eigenvalue weighted by atomic mass is 16.5. The molecule has 0 unspecified atom stereocenters. The molecule has 1 aliphatic rings. The quantitative estimate of drug-likeness (QED) is 0.612. The molecule has 0 fully saturated rings. The van der Waals surface area contributed by atoms with E-state index in [0.717, 1.165) is 52.1 Å². The Labute approximate surface area is 151 Å². The Morgan fingerprint density at radius 2 is 2.08 bits per heavy atom. The molecule has 3 heterocycles. The molecule has 1 N–H and O–H groups in total. The number of ether oxygens (including phenoxy) is 1. The van der Waals surface area contributed by atoms with E-state index in [2.05, 4.69) is 39.6 Å². The van der Waals surface area contributed by atoms with E-state index in [9.17, 15) is 0 Å². The fraction of sp³-hybridized carbons (Fsp3) is 0.190. The van der Waals surface area contributed by atoms with Gasteiger partial charge in [0.15, 0.2) is 0 Å². The first kappa shape index (κ1) is 15.1. The Morgan fingerprint density at radius 1 is 1.12 bits per heavy atom. The maximum absolute atomic E-state index is 5.65. The van der Waals surface area contributed by atoms with E-state index in [1.54, 1.807) is 13.3 Å². The summed E-state index contributed by atoms with van der Waals surface area (Å²) >= 11 is 0. The van der Waals surface area contributed by atoms with E-state index >= 15 is 0 Å². The van der Waals surface area contributed by atoms with E-state index in [1.807, 2.05) is 18.2 Å². The van der Waals surface area contributed by atoms with E-state index < -0.39 is 0 Å². The molecule has 1 radical (unpaired) electrons. The van der Waals surface area contributed by atoms with E-state index in [-0.39, 0.29) is 0 Å². The average Bonchev–Trinajstić information content (AvgIpc) is 3.34. The zero-order valence-corrected chi connectivity index (χ0v) is 14.4. The molecule has 5 rings (SSSR count). The number of methoxy groups -OCH3 is 1. The van der Waals surface area contributed by atoms with Crippen LogP contribution >= 0.6 is 0 Å². The number of H-pyrrole nitrogens is 1. The van der Waals surface area contributed by atoms with Gasteiger partial charge in [-0.15, -0.1) is 0 Å². The second-order valence-corrected chi connectivity index (χ2v) is 6.47. The molecule has 4 aromatic rings. The summed E-state index contributed by atoms with van der Waals surface area (Å²) in [5, 5.41) is 7.49. The van der Waals surface area contributed by atoms with Crippen LogP contribution in [0.2, 0.25) is 0 Å². The van der Waals surface area contributed by atoms with E-state index in [0.29, 0.717) is 0 Å². The molecular formula is C21H17N4O. The average molecular weight is 341 g/mol. The molecule has 0 aliphatic heterocycles. The van der Waals surface area contributed by atoms with Crippen molar-refractivity contribution in [3.05, 3.63) is 59.9 Å². The number of aromatic amines is 1. The third-order valence-corrected chi connectivity index (χ3v) is 4.98. The van der Waals surface area contributed by atoms with E-state index in [1.165, 1.54) is 17.5 Å². The van der Waals surface area contributed by atoms with Crippen LogP contribution in [0.4, 0.5) is 0 Å². The van der Waals surface area contributed by atoms with Crippen molar-refractivity contribution in [2.75, 3.05) is 7.11 Å². The summed E-state index contributed by atoms with van der Waals surface area (Å²) < 4.78 is 5.65. The van der Waals surface area contributed by atoms with E-state index in [4.69, 9.17) is 9.72 Å². The van der Waals surface area contributed by atoms with Crippen molar-refractivity contribution in [2.45, 2.75) is 19.3 Å². The zero-order chi connectivity index (χ0) is 17.5. The molecule has 0 saturated heterocycles. The van der Waals surface area contributed by atoms with Gasteiger partial charge in [0.25, 0.3) is 0 Å². The summed E-state index contributed by atoms with van der Waals surface area (Å²) in [6.45, 7) is 0. The largest absolute Gasteiger partial charge is 0.494 e. The summed E-state index contributed by atoms with van der Waals surface area (Å²) in [6, 6.07) is 12.2. The fourth-order valence-corrected chi connectivity index (χ4v) is 3.77. The standard InChI is InChI=1S/C21H17N4O/c1-26-18-11-17-21(19(25-24-17)14-7-4-10-22-12-14)23-20(18)16-9-3-6-13-5-2-8-15(13)16/h3-4,6-7,9-11H,2,5,8H2,1H3,(H,24,25).